The molecule has 0 fully saturated rings. The lowest BCUT2D eigenvalue weighted by Gasteiger charge is -2.45. The Morgan fingerprint density at radius 3 is 2.55 bits per heavy atom. The first-order chi connectivity index (χ1) is 14.0. The number of allylic oxidation sites excluding steroid dienone is 2. The van der Waals surface area contributed by atoms with Gasteiger partial charge in [-0.2, -0.15) is 15.8 Å². The standard InChI is InChI=1S/C22H21N5O2/c1-2-29-21(28)27-9-8-16-17(11-23)20(26)22(13-24,14-25)19(18(16)12-27)10-15-6-4-3-5-7-15/h3-8,18-19H,2,9-10,12,26H2,1H3/t18-,19-/m0/s1. The van der Waals surface area contributed by atoms with Crippen LogP contribution in [0.5, 0.6) is 0 Å². The van der Waals surface area contributed by atoms with Crippen molar-refractivity contribution in [3.63, 3.8) is 0 Å². The minimum atomic E-state index is -1.65. The fourth-order valence-corrected chi connectivity index (χ4v) is 4.22. The number of nitrogens with zero attached hydrogens (tertiary/aromatic N) is 4. The molecule has 1 heterocycles. The molecule has 1 amide bonds. The number of nitriles is 3. The van der Waals surface area contributed by atoms with Crippen molar-refractivity contribution >= 4 is 6.09 Å². The monoisotopic (exact) mass is 387 g/mol. The maximum atomic E-state index is 12.3. The molecule has 1 aliphatic carbocycles. The molecule has 146 valence electrons. The van der Waals surface area contributed by atoms with Gasteiger partial charge in [0.05, 0.1) is 30.0 Å². The quantitative estimate of drug-likeness (QED) is 0.849. The van der Waals surface area contributed by atoms with Gasteiger partial charge < -0.3 is 15.4 Å². The van der Waals surface area contributed by atoms with Gasteiger partial charge in [-0.05, 0) is 24.5 Å². The number of hydrogen-bond donors (Lipinski definition) is 1. The summed E-state index contributed by atoms with van der Waals surface area (Å²) in [6.07, 6.45) is 1.74. The number of rotatable bonds is 3. The zero-order valence-corrected chi connectivity index (χ0v) is 16.1. The van der Waals surface area contributed by atoms with Crippen molar-refractivity contribution in [1.29, 1.82) is 15.8 Å². The van der Waals surface area contributed by atoms with Crippen LogP contribution >= 0.6 is 0 Å². The maximum Gasteiger partial charge on any atom is 0.410 e. The highest BCUT2D eigenvalue weighted by Crippen LogP contribution is 2.50. The molecule has 2 aliphatic rings. The summed E-state index contributed by atoms with van der Waals surface area (Å²) < 4.78 is 5.12. The molecule has 1 aromatic rings. The van der Waals surface area contributed by atoms with E-state index < -0.39 is 17.4 Å². The summed E-state index contributed by atoms with van der Waals surface area (Å²) in [4.78, 5) is 13.8. The highest BCUT2D eigenvalue weighted by molar-refractivity contribution is 5.69. The molecule has 0 saturated heterocycles. The second-order valence-electron chi connectivity index (χ2n) is 7.10. The van der Waals surface area contributed by atoms with Crippen LogP contribution in [0.25, 0.3) is 0 Å². The van der Waals surface area contributed by atoms with Gasteiger partial charge in [-0.15, -0.1) is 0 Å². The molecule has 29 heavy (non-hydrogen) atoms. The third kappa shape index (κ3) is 3.30. The van der Waals surface area contributed by atoms with E-state index in [1.807, 2.05) is 30.3 Å². The van der Waals surface area contributed by atoms with Gasteiger partial charge in [-0.25, -0.2) is 4.79 Å². The first-order valence-corrected chi connectivity index (χ1v) is 9.41. The van der Waals surface area contributed by atoms with Crippen LogP contribution in [0.4, 0.5) is 4.79 Å². The predicted molar refractivity (Wildman–Crippen MR) is 104 cm³/mol. The molecular formula is C22H21N5O2. The molecule has 7 nitrogen and oxygen atoms in total. The van der Waals surface area contributed by atoms with Gasteiger partial charge in [0.25, 0.3) is 0 Å². The Morgan fingerprint density at radius 2 is 1.97 bits per heavy atom. The number of amides is 1. The molecule has 3 rings (SSSR count). The van der Waals surface area contributed by atoms with E-state index in [1.54, 1.807) is 13.0 Å². The van der Waals surface area contributed by atoms with Crippen LogP contribution in [0.3, 0.4) is 0 Å². The Labute approximate surface area is 169 Å². The lowest BCUT2D eigenvalue weighted by molar-refractivity contribution is 0.0939. The number of nitrogens with two attached hydrogens (primary N) is 1. The van der Waals surface area contributed by atoms with Gasteiger partial charge in [0.1, 0.15) is 6.07 Å². The molecule has 1 aromatic carbocycles. The highest BCUT2D eigenvalue weighted by atomic mass is 16.6. The largest absolute Gasteiger partial charge is 0.450 e. The van der Waals surface area contributed by atoms with Crippen molar-refractivity contribution in [2.75, 3.05) is 19.7 Å². The average molecular weight is 387 g/mol. The predicted octanol–water partition coefficient (Wildman–Crippen LogP) is 2.64. The first-order valence-electron chi connectivity index (χ1n) is 9.41. The molecule has 2 N–H and O–H groups in total. The molecule has 0 radical (unpaired) electrons. The maximum absolute atomic E-state index is 12.3. The number of fused-ring (bicyclic) bond motifs is 1. The summed E-state index contributed by atoms with van der Waals surface area (Å²) in [7, 11) is 0. The van der Waals surface area contributed by atoms with Crippen molar-refractivity contribution in [2.24, 2.45) is 23.0 Å². The molecule has 0 saturated carbocycles. The summed E-state index contributed by atoms with van der Waals surface area (Å²) in [5.41, 5.74) is 6.42. The first kappa shape index (κ1) is 20.0. The fraction of sp³-hybridized carbons (Fsp3) is 0.364. The summed E-state index contributed by atoms with van der Waals surface area (Å²) >= 11 is 0. The third-order valence-corrected chi connectivity index (χ3v) is 5.66. The van der Waals surface area contributed by atoms with Crippen molar-refractivity contribution in [2.45, 2.75) is 13.3 Å². The topological polar surface area (TPSA) is 127 Å². The van der Waals surface area contributed by atoms with E-state index in [1.165, 1.54) is 4.90 Å². The van der Waals surface area contributed by atoms with Gasteiger partial charge in [-0.1, -0.05) is 36.4 Å². The Hall–Kier alpha value is -3.76. The van der Waals surface area contributed by atoms with E-state index in [4.69, 9.17) is 10.5 Å². The summed E-state index contributed by atoms with van der Waals surface area (Å²) in [6, 6.07) is 15.8. The lowest BCUT2D eigenvalue weighted by Crippen LogP contribution is -2.51. The Kier molecular flexibility index (Phi) is 5.57. The third-order valence-electron chi connectivity index (χ3n) is 5.66. The van der Waals surface area contributed by atoms with E-state index in [-0.39, 0.29) is 36.9 Å². The van der Waals surface area contributed by atoms with E-state index in [0.29, 0.717) is 12.0 Å². The Morgan fingerprint density at radius 1 is 1.28 bits per heavy atom. The summed E-state index contributed by atoms with van der Waals surface area (Å²) in [6.45, 7) is 2.52. The van der Waals surface area contributed by atoms with Crippen LogP contribution in [-0.4, -0.2) is 30.7 Å². The number of carbonyl (C=O) groups excluding carboxylic acids is 1. The lowest BCUT2D eigenvalue weighted by atomic mass is 9.58. The fourth-order valence-electron chi connectivity index (χ4n) is 4.22. The van der Waals surface area contributed by atoms with Crippen molar-refractivity contribution in [3.8, 4) is 18.2 Å². The molecule has 1 aliphatic heterocycles. The minimum Gasteiger partial charge on any atom is -0.450 e. The summed E-state index contributed by atoms with van der Waals surface area (Å²) in [5, 5.41) is 29.7. The molecule has 0 aromatic heterocycles. The van der Waals surface area contributed by atoms with Crippen LogP contribution in [0.1, 0.15) is 12.5 Å². The van der Waals surface area contributed by atoms with Gasteiger partial charge in [0.2, 0.25) is 0 Å². The molecule has 0 unspecified atom stereocenters. The Balaban J connectivity index is 2.13. The molecule has 2 atom stereocenters. The number of carbonyl (C=O) groups is 1. The van der Waals surface area contributed by atoms with Gasteiger partial charge in [-0.3, -0.25) is 0 Å². The van der Waals surface area contributed by atoms with Crippen LogP contribution in [0.2, 0.25) is 0 Å². The van der Waals surface area contributed by atoms with E-state index in [9.17, 15) is 20.6 Å². The number of ether oxygens (including phenoxy) is 1. The molecule has 0 bridgehead atoms. The summed E-state index contributed by atoms with van der Waals surface area (Å²) in [5.74, 6) is -0.893. The second kappa shape index (κ2) is 8.09. The van der Waals surface area contributed by atoms with Gasteiger partial charge in [0.15, 0.2) is 5.41 Å². The van der Waals surface area contributed by atoms with Crippen molar-refractivity contribution in [1.82, 2.24) is 4.90 Å². The van der Waals surface area contributed by atoms with Crippen LogP contribution < -0.4 is 5.73 Å². The van der Waals surface area contributed by atoms with Crippen molar-refractivity contribution in [3.05, 3.63) is 58.8 Å². The van der Waals surface area contributed by atoms with E-state index in [2.05, 4.69) is 18.2 Å². The molecule has 0 spiro atoms. The number of hydrogen-bond acceptors (Lipinski definition) is 6. The SMILES string of the molecule is CCOC(=O)N1CC=C2C(C#N)=C(N)C(C#N)(C#N)[C@@H](Cc3ccccc3)[C@H]2C1. The minimum absolute atomic E-state index is 0.00184. The second-order valence-corrected chi connectivity index (χ2v) is 7.10. The number of benzene rings is 1. The average Bonchev–Trinajstić information content (AvgIpc) is 2.75. The van der Waals surface area contributed by atoms with Crippen LogP contribution in [0.15, 0.2) is 53.3 Å². The molecular weight excluding hydrogens is 366 g/mol. The van der Waals surface area contributed by atoms with Crippen molar-refractivity contribution < 1.29 is 9.53 Å². The van der Waals surface area contributed by atoms with Crippen LogP contribution in [-0.2, 0) is 11.2 Å². The zero-order valence-electron chi connectivity index (χ0n) is 16.1. The van der Waals surface area contributed by atoms with E-state index in [0.717, 1.165) is 5.56 Å². The Bertz CT molecular complexity index is 977. The zero-order chi connectivity index (χ0) is 21.0. The van der Waals surface area contributed by atoms with Crippen LogP contribution in [0, 0.1) is 51.2 Å². The smallest absolute Gasteiger partial charge is 0.410 e. The highest BCUT2D eigenvalue weighted by Gasteiger charge is 2.54. The normalized spacial score (nSPS) is 22.4. The van der Waals surface area contributed by atoms with Gasteiger partial charge in [0, 0.05) is 24.9 Å². The van der Waals surface area contributed by atoms with E-state index >= 15 is 0 Å². The van der Waals surface area contributed by atoms with Gasteiger partial charge >= 0.3 is 6.09 Å². The molecule has 7 heteroatoms.